The number of aromatic nitrogens is 1. The third kappa shape index (κ3) is 3.89. The Morgan fingerprint density at radius 1 is 1.29 bits per heavy atom. The summed E-state index contributed by atoms with van der Waals surface area (Å²) in [6.45, 7) is 7.00. The number of carbonyl (C=O) groups excluding carboxylic acids is 1. The van der Waals surface area contributed by atoms with Crippen molar-refractivity contribution in [3.05, 3.63) is 51.0 Å². The molecule has 0 fully saturated rings. The molecule has 4 nitrogen and oxygen atoms in total. The van der Waals surface area contributed by atoms with E-state index in [-0.39, 0.29) is 11.9 Å². The van der Waals surface area contributed by atoms with Gasteiger partial charge < -0.3 is 10.6 Å². The van der Waals surface area contributed by atoms with E-state index in [0.717, 1.165) is 22.8 Å². The van der Waals surface area contributed by atoms with Crippen LogP contribution in [0.5, 0.6) is 0 Å². The molecule has 1 aromatic heterocycles. The van der Waals surface area contributed by atoms with Crippen molar-refractivity contribution in [3.63, 3.8) is 0 Å². The van der Waals surface area contributed by atoms with Crippen molar-refractivity contribution in [3.8, 4) is 0 Å². The lowest BCUT2D eigenvalue weighted by molar-refractivity contribution is 0.0963. The molecule has 2 N–H and O–H groups in total. The molecule has 0 saturated heterocycles. The first-order valence-corrected chi connectivity index (χ1v) is 7.81. The van der Waals surface area contributed by atoms with Gasteiger partial charge in [-0.2, -0.15) is 0 Å². The third-order valence-electron chi connectivity index (χ3n) is 3.39. The molecule has 21 heavy (non-hydrogen) atoms. The standard InChI is InChI=1S/C16H21N3OS/c1-10(15-11(2)19-12(3)21-15)18-9-13-5-7-14(8-6-13)16(20)17-4/h5-8,10,18H,9H2,1-4H3,(H,17,20). The van der Waals surface area contributed by atoms with Crippen molar-refractivity contribution in [1.29, 1.82) is 0 Å². The molecular formula is C16H21N3OS. The fourth-order valence-corrected chi connectivity index (χ4v) is 3.19. The van der Waals surface area contributed by atoms with E-state index in [4.69, 9.17) is 0 Å². The number of aryl methyl sites for hydroxylation is 2. The largest absolute Gasteiger partial charge is 0.355 e. The van der Waals surface area contributed by atoms with E-state index in [1.165, 1.54) is 4.88 Å². The van der Waals surface area contributed by atoms with Gasteiger partial charge in [-0.15, -0.1) is 11.3 Å². The van der Waals surface area contributed by atoms with Crippen LogP contribution in [0.3, 0.4) is 0 Å². The molecule has 0 saturated carbocycles. The van der Waals surface area contributed by atoms with Crippen molar-refractivity contribution in [2.45, 2.75) is 33.4 Å². The van der Waals surface area contributed by atoms with Crippen LogP contribution < -0.4 is 10.6 Å². The predicted octanol–water partition coefficient (Wildman–Crippen LogP) is 2.97. The van der Waals surface area contributed by atoms with Gasteiger partial charge in [0.1, 0.15) is 0 Å². The van der Waals surface area contributed by atoms with Crippen molar-refractivity contribution in [2.24, 2.45) is 0 Å². The maximum Gasteiger partial charge on any atom is 0.251 e. The number of carbonyl (C=O) groups is 1. The van der Waals surface area contributed by atoms with Gasteiger partial charge in [0.05, 0.1) is 10.7 Å². The van der Waals surface area contributed by atoms with E-state index in [1.54, 1.807) is 18.4 Å². The Bertz CT molecular complexity index is 619. The first-order valence-electron chi connectivity index (χ1n) is 6.99. The zero-order valence-electron chi connectivity index (χ0n) is 12.9. The van der Waals surface area contributed by atoms with Gasteiger partial charge in [0.2, 0.25) is 0 Å². The minimum Gasteiger partial charge on any atom is -0.355 e. The number of amides is 1. The summed E-state index contributed by atoms with van der Waals surface area (Å²) in [7, 11) is 1.64. The first kappa shape index (κ1) is 15.7. The summed E-state index contributed by atoms with van der Waals surface area (Å²) in [6, 6.07) is 7.94. The number of hydrogen-bond donors (Lipinski definition) is 2. The molecule has 0 aliphatic rings. The van der Waals surface area contributed by atoms with Gasteiger partial charge in [0.15, 0.2) is 0 Å². The van der Waals surface area contributed by atoms with Crippen LogP contribution in [0, 0.1) is 13.8 Å². The van der Waals surface area contributed by atoms with Crippen molar-refractivity contribution in [1.82, 2.24) is 15.6 Å². The number of nitrogens with one attached hydrogen (secondary N) is 2. The summed E-state index contributed by atoms with van der Waals surface area (Å²) in [5, 5.41) is 7.23. The molecule has 2 aromatic rings. The highest BCUT2D eigenvalue weighted by Gasteiger charge is 2.12. The van der Waals surface area contributed by atoms with Crippen LogP contribution in [0.2, 0.25) is 0 Å². The molecule has 0 bridgehead atoms. The van der Waals surface area contributed by atoms with E-state index in [0.29, 0.717) is 5.56 Å². The second-order valence-corrected chi connectivity index (χ2v) is 6.30. The molecule has 1 amide bonds. The maximum atomic E-state index is 11.5. The zero-order chi connectivity index (χ0) is 15.4. The van der Waals surface area contributed by atoms with Gasteiger partial charge in [-0.3, -0.25) is 4.79 Å². The van der Waals surface area contributed by atoms with Gasteiger partial charge in [-0.25, -0.2) is 4.98 Å². The summed E-state index contributed by atoms with van der Waals surface area (Å²) in [5.74, 6) is -0.0568. The second kappa shape index (κ2) is 6.83. The summed E-state index contributed by atoms with van der Waals surface area (Å²) in [4.78, 5) is 17.2. The quantitative estimate of drug-likeness (QED) is 0.893. The van der Waals surface area contributed by atoms with Crippen molar-refractivity contribution in [2.75, 3.05) is 7.05 Å². The fraction of sp³-hybridized carbons (Fsp3) is 0.375. The molecule has 0 spiro atoms. The number of benzene rings is 1. The Balaban J connectivity index is 1.96. The molecular weight excluding hydrogens is 282 g/mol. The van der Waals surface area contributed by atoms with Gasteiger partial charge >= 0.3 is 0 Å². The van der Waals surface area contributed by atoms with Crippen LogP contribution in [-0.2, 0) is 6.54 Å². The highest BCUT2D eigenvalue weighted by atomic mass is 32.1. The number of hydrogen-bond acceptors (Lipinski definition) is 4. The Kier molecular flexibility index (Phi) is 5.09. The first-order chi connectivity index (χ1) is 10.0. The lowest BCUT2D eigenvalue weighted by atomic mass is 10.1. The molecule has 1 unspecified atom stereocenters. The van der Waals surface area contributed by atoms with E-state index in [9.17, 15) is 4.79 Å². The molecule has 112 valence electrons. The lowest BCUT2D eigenvalue weighted by Crippen LogP contribution is -2.19. The summed E-state index contributed by atoms with van der Waals surface area (Å²) in [5.41, 5.74) is 2.95. The van der Waals surface area contributed by atoms with Crippen molar-refractivity contribution >= 4 is 17.2 Å². The fourth-order valence-electron chi connectivity index (χ4n) is 2.23. The molecule has 5 heteroatoms. The van der Waals surface area contributed by atoms with Gasteiger partial charge in [-0.1, -0.05) is 12.1 Å². The predicted molar refractivity (Wildman–Crippen MR) is 86.7 cm³/mol. The molecule has 0 radical (unpaired) electrons. The average Bonchev–Trinajstić information content (AvgIpc) is 2.83. The minimum atomic E-state index is -0.0568. The highest BCUT2D eigenvalue weighted by molar-refractivity contribution is 7.11. The topological polar surface area (TPSA) is 54.0 Å². The van der Waals surface area contributed by atoms with E-state index in [1.807, 2.05) is 31.2 Å². The van der Waals surface area contributed by atoms with Crippen LogP contribution in [0.25, 0.3) is 0 Å². The molecule has 1 atom stereocenters. The Morgan fingerprint density at radius 3 is 2.48 bits per heavy atom. The molecule has 0 aliphatic heterocycles. The van der Waals surface area contributed by atoms with Crippen LogP contribution in [0.4, 0.5) is 0 Å². The zero-order valence-corrected chi connectivity index (χ0v) is 13.7. The molecule has 1 heterocycles. The number of rotatable bonds is 5. The Labute approximate surface area is 129 Å². The monoisotopic (exact) mass is 303 g/mol. The summed E-state index contributed by atoms with van der Waals surface area (Å²) >= 11 is 1.74. The Morgan fingerprint density at radius 2 is 1.95 bits per heavy atom. The lowest BCUT2D eigenvalue weighted by Gasteiger charge is -2.13. The van der Waals surface area contributed by atoms with E-state index >= 15 is 0 Å². The summed E-state index contributed by atoms with van der Waals surface area (Å²) < 4.78 is 0. The second-order valence-electron chi connectivity index (χ2n) is 5.06. The van der Waals surface area contributed by atoms with E-state index in [2.05, 4.69) is 29.5 Å². The molecule has 0 aliphatic carbocycles. The van der Waals surface area contributed by atoms with Crippen LogP contribution >= 0.6 is 11.3 Å². The normalized spacial score (nSPS) is 12.2. The number of nitrogens with zero attached hydrogens (tertiary/aromatic N) is 1. The van der Waals surface area contributed by atoms with Crippen molar-refractivity contribution < 1.29 is 4.79 Å². The third-order valence-corrected chi connectivity index (χ3v) is 4.64. The SMILES string of the molecule is CNC(=O)c1ccc(CNC(C)c2sc(C)nc2C)cc1. The molecule has 1 aromatic carbocycles. The highest BCUT2D eigenvalue weighted by Crippen LogP contribution is 2.24. The van der Waals surface area contributed by atoms with Gasteiger partial charge in [-0.05, 0) is 38.5 Å². The minimum absolute atomic E-state index is 0.0568. The van der Waals surface area contributed by atoms with E-state index < -0.39 is 0 Å². The Hall–Kier alpha value is -1.72. The molecule has 2 rings (SSSR count). The van der Waals surface area contributed by atoms with Gasteiger partial charge in [0.25, 0.3) is 5.91 Å². The summed E-state index contributed by atoms with van der Waals surface area (Å²) in [6.07, 6.45) is 0. The van der Waals surface area contributed by atoms with Crippen LogP contribution in [0.15, 0.2) is 24.3 Å². The maximum absolute atomic E-state index is 11.5. The smallest absolute Gasteiger partial charge is 0.251 e. The average molecular weight is 303 g/mol. The number of thiazole rings is 1. The van der Waals surface area contributed by atoms with Gasteiger partial charge in [0, 0.05) is 30.1 Å². The van der Waals surface area contributed by atoms with Crippen LogP contribution in [0.1, 0.15) is 44.5 Å². The van der Waals surface area contributed by atoms with Crippen LogP contribution in [-0.4, -0.2) is 17.9 Å².